The van der Waals surface area contributed by atoms with E-state index in [9.17, 15) is 13.0 Å². The van der Waals surface area contributed by atoms with Crippen molar-refractivity contribution in [2.45, 2.75) is 76.9 Å². The third-order valence-electron chi connectivity index (χ3n) is 3.93. The van der Waals surface area contributed by atoms with Gasteiger partial charge in [-0.05, 0) is 31.1 Å². The van der Waals surface area contributed by atoms with Crippen molar-refractivity contribution >= 4 is 10.1 Å². The SMILES string of the molecule is CC1(C)CCCCCCC(S(=O)(=O)O)CCC1. The van der Waals surface area contributed by atoms with Crippen molar-refractivity contribution in [2.24, 2.45) is 5.41 Å². The summed E-state index contributed by atoms with van der Waals surface area (Å²) in [6.07, 6.45) is 8.85. The zero-order valence-electron chi connectivity index (χ0n) is 11.1. The van der Waals surface area contributed by atoms with E-state index >= 15 is 0 Å². The Morgan fingerprint density at radius 1 is 0.941 bits per heavy atom. The smallest absolute Gasteiger partial charge is 0.267 e. The van der Waals surface area contributed by atoms with Crippen molar-refractivity contribution in [2.75, 3.05) is 0 Å². The van der Waals surface area contributed by atoms with Crippen LogP contribution in [0.3, 0.4) is 0 Å². The molecular weight excluding hydrogens is 236 g/mol. The fourth-order valence-electron chi connectivity index (χ4n) is 2.70. The summed E-state index contributed by atoms with van der Waals surface area (Å²) in [4.78, 5) is 0. The fraction of sp³-hybridized carbons (Fsp3) is 1.00. The number of hydrogen-bond donors (Lipinski definition) is 1. The lowest BCUT2D eigenvalue weighted by atomic mass is 9.82. The highest BCUT2D eigenvalue weighted by Crippen LogP contribution is 2.32. The van der Waals surface area contributed by atoms with E-state index < -0.39 is 15.4 Å². The van der Waals surface area contributed by atoms with Crippen molar-refractivity contribution in [1.29, 1.82) is 0 Å². The molecule has 3 nitrogen and oxygen atoms in total. The minimum absolute atomic E-state index is 0.314. The Balaban J connectivity index is 2.61. The standard InChI is InChI=1S/C13H26O3S/c1-13(2)10-6-4-3-5-8-12(9-7-11-13)17(14,15)16/h12H,3-11H2,1-2H3,(H,14,15,16). The van der Waals surface area contributed by atoms with E-state index in [1.54, 1.807) is 0 Å². The lowest BCUT2D eigenvalue weighted by Gasteiger charge is -2.24. The van der Waals surface area contributed by atoms with Gasteiger partial charge in [0.1, 0.15) is 0 Å². The predicted octanol–water partition coefficient (Wildman–Crippen LogP) is 3.79. The third-order valence-corrected chi connectivity index (χ3v) is 5.24. The van der Waals surface area contributed by atoms with E-state index in [0.717, 1.165) is 25.7 Å². The monoisotopic (exact) mass is 262 g/mol. The minimum atomic E-state index is -3.84. The summed E-state index contributed by atoms with van der Waals surface area (Å²) in [6, 6.07) is 0. The Labute approximate surface area is 106 Å². The molecule has 0 aromatic carbocycles. The van der Waals surface area contributed by atoms with Crippen molar-refractivity contribution in [1.82, 2.24) is 0 Å². The van der Waals surface area contributed by atoms with Gasteiger partial charge >= 0.3 is 0 Å². The van der Waals surface area contributed by atoms with Crippen molar-refractivity contribution < 1.29 is 13.0 Å². The first kappa shape index (κ1) is 15.0. The molecule has 0 aromatic rings. The van der Waals surface area contributed by atoms with Crippen molar-refractivity contribution in [3.8, 4) is 0 Å². The lowest BCUT2D eigenvalue weighted by Crippen LogP contribution is -2.21. The molecule has 0 heterocycles. The molecule has 0 spiro atoms. The van der Waals surface area contributed by atoms with E-state index in [2.05, 4.69) is 13.8 Å². The molecule has 1 N–H and O–H groups in total. The summed E-state index contributed by atoms with van der Waals surface area (Å²) in [5, 5.41) is -0.531. The van der Waals surface area contributed by atoms with Crippen LogP contribution in [0.1, 0.15) is 71.6 Å². The molecule has 1 atom stereocenters. The number of hydrogen-bond acceptors (Lipinski definition) is 2. The molecule has 1 aliphatic rings. The van der Waals surface area contributed by atoms with Gasteiger partial charge in [0.25, 0.3) is 10.1 Å². The molecular formula is C13H26O3S. The highest BCUT2D eigenvalue weighted by Gasteiger charge is 2.25. The third kappa shape index (κ3) is 5.87. The molecule has 0 radical (unpaired) electrons. The second-order valence-corrected chi connectivity index (χ2v) is 7.84. The van der Waals surface area contributed by atoms with E-state index in [-0.39, 0.29) is 0 Å². The summed E-state index contributed by atoms with van der Waals surface area (Å²) >= 11 is 0. The van der Waals surface area contributed by atoms with Crippen LogP contribution in [0.2, 0.25) is 0 Å². The van der Waals surface area contributed by atoms with Crippen LogP contribution in [0.5, 0.6) is 0 Å². The minimum Gasteiger partial charge on any atom is -0.285 e. The molecule has 102 valence electrons. The maximum atomic E-state index is 11.3. The average Bonchev–Trinajstić information content (AvgIpc) is 2.21. The van der Waals surface area contributed by atoms with Gasteiger partial charge in [0.05, 0.1) is 5.25 Å². The van der Waals surface area contributed by atoms with Gasteiger partial charge in [-0.2, -0.15) is 8.42 Å². The molecule has 0 bridgehead atoms. The van der Waals surface area contributed by atoms with Crippen LogP contribution in [-0.2, 0) is 10.1 Å². The van der Waals surface area contributed by atoms with Crippen LogP contribution >= 0.6 is 0 Å². The molecule has 0 amide bonds. The first-order chi connectivity index (χ1) is 7.81. The molecule has 1 fully saturated rings. The van der Waals surface area contributed by atoms with Crippen LogP contribution in [0, 0.1) is 5.41 Å². The summed E-state index contributed by atoms with van der Waals surface area (Å²) < 4.78 is 31.7. The second-order valence-electron chi connectivity index (χ2n) is 6.15. The average molecular weight is 262 g/mol. The molecule has 4 heteroatoms. The van der Waals surface area contributed by atoms with Crippen molar-refractivity contribution in [3.63, 3.8) is 0 Å². The van der Waals surface area contributed by atoms with Gasteiger partial charge in [-0.3, -0.25) is 4.55 Å². The Morgan fingerprint density at radius 3 is 2.12 bits per heavy atom. The van der Waals surface area contributed by atoms with E-state index in [1.807, 2.05) is 0 Å². The van der Waals surface area contributed by atoms with Gasteiger partial charge in [0.2, 0.25) is 0 Å². The molecule has 0 aliphatic heterocycles. The highest BCUT2D eigenvalue weighted by atomic mass is 32.2. The normalized spacial score (nSPS) is 28.3. The molecule has 1 rings (SSSR count). The van der Waals surface area contributed by atoms with Gasteiger partial charge in [-0.1, -0.05) is 46.0 Å². The zero-order chi connectivity index (χ0) is 12.9. The second kappa shape index (κ2) is 6.19. The largest absolute Gasteiger partial charge is 0.285 e. The Morgan fingerprint density at radius 2 is 1.47 bits per heavy atom. The fourth-order valence-corrected chi connectivity index (χ4v) is 3.63. The summed E-state index contributed by atoms with van der Waals surface area (Å²) in [5.41, 5.74) is 0.314. The first-order valence-corrected chi connectivity index (χ1v) is 8.28. The predicted molar refractivity (Wildman–Crippen MR) is 70.7 cm³/mol. The van der Waals surface area contributed by atoms with Crippen LogP contribution < -0.4 is 0 Å². The molecule has 1 unspecified atom stereocenters. The van der Waals surface area contributed by atoms with Crippen molar-refractivity contribution in [3.05, 3.63) is 0 Å². The van der Waals surface area contributed by atoms with E-state index in [4.69, 9.17) is 0 Å². The first-order valence-electron chi connectivity index (χ1n) is 6.78. The topological polar surface area (TPSA) is 54.4 Å². The molecule has 1 aliphatic carbocycles. The summed E-state index contributed by atoms with van der Waals surface area (Å²) in [7, 11) is -3.84. The molecule has 0 saturated heterocycles. The maximum absolute atomic E-state index is 11.3. The maximum Gasteiger partial charge on any atom is 0.267 e. The van der Waals surface area contributed by atoms with Crippen LogP contribution in [-0.4, -0.2) is 18.2 Å². The Kier molecular flexibility index (Phi) is 5.45. The van der Waals surface area contributed by atoms with Crippen LogP contribution in [0.4, 0.5) is 0 Å². The van der Waals surface area contributed by atoms with Gasteiger partial charge in [0.15, 0.2) is 0 Å². The summed E-state index contributed by atoms with van der Waals surface area (Å²) in [5.74, 6) is 0. The molecule has 1 saturated carbocycles. The van der Waals surface area contributed by atoms with Crippen LogP contribution in [0.15, 0.2) is 0 Å². The van der Waals surface area contributed by atoms with E-state index in [0.29, 0.717) is 18.3 Å². The molecule has 0 aromatic heterocycles. The van der Waals surface area contributed by atoms with Gasteiger partial charge in [0, 0.05) is 0 Å². The zero-order valence-corrected chi connectivity index (χ0v) is 11.9. The quantitative estimate of drug-likeness (QED) is 0.731. The van der Waals surface area contributed by atoms with Gasteiger partial charge in [-0.25, -0.2) is 0 Å². The lowest BCUT2D eigenvalue weighted by molar-refractivity contribution is 0.285. The van der Waals surface area contributed by atoms with E-state index in [1.165, 1.54) is 19.3 Å². The van der Waals surface area contributed by atoms with Gasteiger partial charge < -0.3 is 0 Å². The van der Waals surface area contributed by atoms with Crippen LogP contribution in [0.25, 0.3) is 0 Å². The number of rotatable bonds is 1. The van der Waals surface area contributed by atoms with Gasteiger partial charge in [-0.15, -0.1) is 0 Å². The Hall–Kier alpha value is -0.0900. The summed E-state index contributed by atoms with van der Waals surface area (Å²) in [6.45, 7) is 4.51. The Bertz CT molecular complexity index is 320. The molecule has 17 heavy (non-hydrogen) atoms. The highest BCUT2D eigenvalue weighted by molar-refractivity contribution is 7.86.